The number of nitrogens with one attached hydrogen (secondary N) is 1. The van der Waals surface area contributed by atoms with Crippen molar-refractivity contribution < 1.29 is 19.5 Å². The van der Waals surface area contributed by atoms with Gasteiger partial charge in [-0.2, -0.15) is 0 Å². The van der Waals surface area contributed by atoms with Crippen LogP contribution in [0.4, 0.5) is 5.00 Å². The number of aliphatic carboxylic acids is 1. The summed E-state index contributed by atoms with van der Waals surface area (Å²) in [6.07, 6.45) is 6.94. The van der Waals surface area contributed by atoms with Gasteiger partial charge < -0.3 is 15.3 Å². The standard InChI is InChI=1S/C18H24N2O4S/c21-14(8-9-15(22)23)19-17-16(12-6-2-3-7-13(12)25-17)18(24)20-10-4-1-5-11-20/h1-11H2,(H,19,21)(H,22,23). The Morgan fingerprint density at radius 1 is 1.00 bits per heavy atom. The Morgan fingerprint density at radius 2 is 1.72 bits per heavy atom. The molecular weight excluding hydrogens is 340 g/mol. The summed E-state index contributed by atoms with van der Waals surface area (Å²) in [5.74, 6) is -1.31. The van der Waals surface area contributed by atoms with Gasteiger partial charge in [-0.3, -0.25) is 14.4 Å². The summed E-state index contributed by atoms with van der Waals surface area (Å²) in [4.78, 5) is 38.9. The minimum absolute atomic E-state index is 0.0210. The van der Waals surface area contributed by atoms with Crippen LogP contribution in [-0.2, 0) is 22.4 Å². The molecule has 1 saturated heterocycles. The molecule has 3 rings (SSSR count). The fraction of sp³-hybridized carbons (Fsp3) is 0.611. The number of piperidine rings is 1. The van der Waals surface area contributed by atoms with Gasteiger partial charge in [-0.05, 0) is 50.5 Å². The monoisotopic (exact) mass is 364 g/mol. The first kappa shape index (κ1) is 17.9. The first-order chi connectivity index (χ1) is 12.1. The van der Waals surface area contributed by atoms with Crippen molar-refractivity contribution in [3.63, 3.8) is 0 Å². The third-order valence-corrected chi connectivity index (χ3v) is 6.05. The van der Waals surface area contributed by atoms with E-state index in [1.807, 2.05) is 4.90 Å². The minimum atomic E-state index is -0.995. The second-order valence-electron chi connectivity index (χ2n) is 6.71. The first-order valence-corrected chi connectivity index (χ1v) is 9.83. The van der Waals surface area contributed by atoms with E-state index in [2.05, 4.69) is 5.32 Å². The van der Waals surface area contributed by atoms with Crippen LogP contribution in [0.15, 0.2) is 0 Å². The SMILES string of the molecule is O=C(O)CCC(=O)Nc1sc2c(c1C(=O)N1CCCCC1)CCCC2. The number of hydrogen-bond acceptors (Lipinski definition) is 4. The molecule has 1 aromatic heterocycles. The number of aryl methyl sites for hydroxylation is 1. The van der Waals surface area contributed by atoms with Gasteiger partial charge in [0.15, 0.2) is 0 Å². The number of fused-ring (bicyclic) bond motifs is 1. The van der Waals surface area contributed by atoms with E-state index < -0.39 is 5.97 Å². The molecule has 0 bridgehead atoms. The number of carbonyl (C=O) groups excluding carboxylic acids is 2. The summed E-state index contributed by atoms with van der Waals surface area (Å²) >= 11 is 1.49. The lowest BCUT2D eigenvalue weighted by atomic mass is 9.94. The first-order valence-electron chi connectivity index (χ1n) is 9.01. The van der Waals surface area contributed by atoms with Crippen LogP contribution < -0.4 is 5.32 Å². The van der Waals surface area contributed by atoms with Gasteiger partial charge in [0.2, 0.25) is 5.91 Å². The number of carbonyl (C=O) groups is 3. The van der Waals surface area contributed by atoms with E-state index in [0.717, 1.165) is 63.6 Å². The Balaban J connectivity index is 1.83. The molecule has 2 aliphatic rings. The van der Waals surface area contributed by atoms with Crippen molar-refractivity contribution >= 4 is 34.1 Å². The number of carboxylic acid groups (broad SMARTS) is 1. The lowest BCUT2D eigenvalue weighted by Gasteiger charge is -2.27. The van der Waals surface area contributed by atoms with Gasteiger partial charge >= 0.3 is 5.97 Å². The van der Waals surface area contributed by atoms with Crippen LogP contribution in [0.2, 0.25) is 0 Å². The fourth-order valence-corrected chi connectivity index (χ4v) is 4.84. The predicted molar refractivity (Wildman–Crippen MR) is 96.2 cm³/mol. The second kappa shape index (κ2) is 7.99. The highest BCUT2D eigenvalue weighted by atomic mass is 32.1. The quantitative estimate of drug-likeness (QED) is 0.841. The Morgan fingerprint density at radius 3 is 2.44 bits per heavy atom. The number of amides is 2. The second-order valence-corrected chi connectivity index (χ2v) is 7.81. The van der Waals surface area contributed by atoms with Crippen LogP contribution >= 0.6 is 11.3 Å². The highest BCUT2D eigenvalue weighted by Gasteiger charge is 2.29. The van der Waals surface area contributed by atoms with Gasteiger partial charge in [0.1, 0.15) is 5.00 Å². The van der Waals surface area contributed by atoms with Gasteiger partial charge in [0, 0.05) is 24.4 Å². The van der Waals surface area contributed by atoms with Crippen LogP contribution in [-0.4, -0.2) is 40.9 Å². The maximum absolute atomic E-state index is 13.1. The molecule has 1 fully saturated rings. The molecule has 6 nitrogen and oxygen atoms in total. The van der Waals surface area contributed by atoms with Gasteiger partial charge in [-0.25, -0.2) is 0 Å². The highest BCUT2D eigenvalue weighted by molar-refractivity contribution is 7.17. The molecule has 0 radical (unpaired) electrons. The van der Waals surface area contributed by atoms with Crippen molar-refractivity contribution in [2.45, 2.75) is 57.8 Å². The molecule has 0 saturated carbocycles. The molecule has 136 valence electrons. The van der Waals surface area contributed by atoms with Gasteiger partial charge in [-0.1, -0.05) is 0 Å². The van der Waals surface area contributed by atoms with Crippen molar-refractivity contribution in [1.29, 1.82) is 0 Å². The van der Waals surface area contributed by atoms with Crippen molar-refractivity contribution in [2.24, 2.45) is 0 Å². The average molecular weight is 364 g/mol. The molecular formula is C18H24N2O4S. The lowest BCUT2D eigenvalue weighted by Crippen LogP contribution is -2.36. The zero-order chi connectivity index (χ0) is 17.8. The summed E-state index contributed by atoms with van der Waals surface area (Å²) in [6, 6.07) is 0. The number of carboxylic acids is 1. The third kappa shape index (κ3) is 4.21. The molecule has 7 heteroatoms. The minimum Gasteiger partial charge on any atom is -0.481 e. The number of hydrogen-bond donors (Lipinski definition) is 2. The van der Waals surface area contributed by atoms with Crippen LogP contribution in [0.3, 0.4) is 0 Å². The molecule has 2 N–H and O–H groups in total. The highest BCUT2D eigenvalue weighted by Crippen LogP contribution is 2.39. The summed E-state index contributed by atoms with van der Waals surface area (Å²) in [7, 11) is 0. The van der Waals surface area contributed by atoms with Crippen molar-refractivity contribution in [3.8, 4) is 0 Å². The molecule has 2 amide bonds. The summed E-state index contributed by atoms with van der Waals surface area (Å²) in [6.45, 7) is 1.55. The van der Waals surface area contributed by atoms with Crippen LogP contribution in [0.25, 0.3) is 0 Å². The number of nitrogens with zero attached hydrogens (tertiary/aromatic N) is 1. The summed E-state index contributed by atoms with van der Waals surface area (Å²) < 4.78 is 0. The maximum Gasteiger partial charge on any atom is 0.303 e. The fourth-order valence-electron chi connectivity index (χ4n) is 3.54. The smallest absolute Gasteiger partial charge is 0.303 e. The Kier molecular flexibility index (Phi) is 5.73. The third-order valence-electron chi connectivity index (χ3n) is 4.85. The molecule has 25 heavy (non-hydrogen) atoms. The summed E-state index contributed by atoms with van der Waals surface area (Å²) in [5, 5.41) is 12.2. The van der Waals surface area contributed by atoms with E-state index in [0.29, 0.717) is 10.6 Å². The van der Waals surface area contributed by atoms with E-state index in [9.17, 15) is 14.4 Å². The Labute approximate surface area is 151 Å². The topological polar surface area (TPSA) is 86.7 Å². The molecule has 0 unspecified atom stereocenters. The maximum atomic E-state index is 13.1. The van der Waals surface area contributed by atoms with E-state index in [-0.39, 0.29) is 24.7 Å². The van der Waals surface area contributed by atoms with Crippen LogP contribution in [0.1, 0.15) is 65.7 Å². The normalized spacial score (nSPS) is 17.0. The molecule has 2 heterocycles. The van der Waals surface area contributed by atoms with Gasteiger partial charge in [0.05, 0.1) is 12.0 Å². The molecule has 1 aromatic rings. The van der Waals surface area contributed by atoms with Crippen LogP contribution in [0, 0.1) is 0 Å². The number of thiophene rings is 1. The van der Waals surface area contributed by atoms with Gasteiger partial charge in [0.25, 0.3) is 5.91 Å². The number of rotatable bonds is 5. The van der Waals surface area contributed by atoms with Crippen molar-refractivity contribution in [2.75, 3.05) is 18.4 Å². The van der Waals surface area contributed by atoms with Crippen molar-refractivity contribution in [3.05, 3.63) is 16.0 Å². The van der Waals surface area contributed by atoms with E-state index in [1.165, 1.54) is 16.2 Å². The van der Waals surface area contributed by atoms with Crippen molar-refractivity contribution in [1.82, 2.24) is 4.90 Å². The molecule has 1 aliphatic heterocycles. The Bertz CT molecular complexity index is 677. The van der Waals surface area contributed by atoms with Crippen LogP contribution in [0.5, 0.6) is 0 Å². The van der Waals surface area contributed by atoms with E-state index in [1.54, 1.807) is 0 Å². The van der Waals surface area contributed by atoms with Gasteiger partial charge in [-0.15, -0.1) is 11.3 Å². The number of anilines is 1. The van der Waals surface area contributed by atoms with E-state index in [4.69, 9.17) is 5.11 Å². The summed E-state index contributed by atoms with van der Waals surface area (Å²) in [5.41, 5.74) is 1.76. The molecule has 0 atom stereocenters. The molecule has 0 spiro atoms. The zero-order valence-electron chi connectivity index (χ0n) is 14.3. The zero-order valence-corrected chi connectivity index (χ0v) is 15.1. The average Bonchev–Trinajstić information content (AvgIpc) is 2.97. The largest absolute Gasteiger partial charge is 0.481 e. The predicted octanol–water partition coefficient (Wildman–Crippen LogP) is 3.06. The number of likely N-dealkylation sites (tertiary alicyclic amines) is 1. The molecule has 0 aromatic carbocycles. The lowest BCUT2D eigenvalue weighted by molar-refractivity contribution is -0.138. The molecule has 1 aliphatic carbocycles. The van der Waals surface area contributed by atoms with E-state index >= 15 is 0 Å². The Hall–Kier alpha value is -1.89.